The summed E-state index contributed by atoms with van der Waals surface area (Å²) in [6.07, 6.45) is 3.23. The molecule has 2 aromatic rings. The maximum Gasteiger partial charge on any atom is 0.416 e. The number of rotatable bonds is 1. The molecule has 0 saturated carbocycles. The largest absolute Gasteiger partial charge is 0.416 e. The van der Waals surface area contributed by atoms with Crippen molar-refractivity contribution in [1.82, 2.24) is 19.6 Å². The standard InChI is InChI=1S/C21H27FN4O3/c1-14-5-9-24(10-6-14)20(27)26-18-13-16(22)3-4-17(18)19(23-26)29-21(28)25-11-7-15(2)8-12-25/h3-4,13-15H,5-12H2,1-2H3. The van der Waals surface area contributed by atoms with Gasteiger partial charge in [0.05, 0.1) is 10.9 Å². The second-order valence-corrected chi connectivity index (χ2v) is 8.37. The minimum Gasteiger partial charge on any atom is -0.389 e. The fourth-order valence-electron chi connectivity index (χ4n) is 3.95. The topological polar surface area (TPSA) is 67.7 Å². The Morgan fingerprint density at radius 2 is 1.59 bits per heavy atom. The highest BCUT2D eigenvalue weighted by atomic mass is 19.1. The molecule has 156 valence electrons. The Balaban J connectivity index is 1.60. The molecule has 0 radical (unpaired) electrons. The van der Waals surface area contributed by atoms with Crippen LogP contribution in [0, 0.1) is 17.7 Å². The van der Waals surface area contributed by atoms with E-state index in [0.717, 1.165) is 30.4 Å². The van der Waals surface area contributed by atoms with Crippen LogP contribution in [0.1, 0.15) is 39.5 Å². The number of amides is 2. The molecule has 0 atom stereocenters. The van der Waals surface area contributed by atoms with E-state index < -0.39 is 11.9 Å². The Hall–Kier alpha value is -2.64. The van der Waals surface area contributed by atoms with Crippen molar-refractivity contribution < 1.29 is 18.7 Å². The van der Waals surface area contributed by atoms with Gasteiger partial charge in [-0.3, -0.25) is 0 Å². The van der Waals surface area contributed by atoms with Crippen LogP contribution in [-0.4, -0.2) is 57.9 Å². The number of aromatic nitrogens is 2. The molecular formula is C21H27FN4O3. The zero-order valence-corrected chi connectivity index (χ0v) is 16.9. The smallest absolute Gasteiger partial charge is 0.389 e. The first kappa shape index (κ1) is 19.7. The quantitative estimate of drug-likeness (QED) is 0.720. The molecule has 8 heteroatoms. The van der Waals surface area contributed by atoms with Gasteiger partial charge in [-0.2, -0.15) is 4.68 Å². The zero-order chi connectivity index (χ0) is 20.5. The van der Waals surface area contributed by atoms with E-state index in [2.05, 4.69) is 18.9 Å². The van der Waals surface area contributed by atoms with E-state index in [1.807, 2.05) is 0 Å². The lowest BCUT2D eigenvalue weighted by atomic mass is 10.00. The summed E-state index contributed by atoms with van der Waals surface area (Å²) in [4.78, 5) is 29.0. The summed E-state index contributed by atoms with van der Waals surface area (Å²) in [5.74, 6) is 0.741. The number of fused-ring (bicyclic) bond motifs is 1. The van der Waals surface area contributed by atoms with E-state index in [1.54, 1.807) is 9.80 Å². The molecule has 1 aromatic carbocycles. The first-order valence-corrected chi connectivity index (χ1v) is 10.4. The van der Waals surface area contributed by atoms with Gasteiger partial charge in [-0.1, -0.05) is 13.8 Å². The molecule has 0 bridgehead atoms. The normalized spacial score (nSPS) is 19.0. The van der Waals surface area contributed by atoms with Crippen LogP contribution in [0.4, 0.5) is 14.0 Å². The van der Waals surface area contributed by atoms with Crippen LogP contribution in [0.5, 0.6) is 5.88 Å². The molecule has 2 saturated heterocycles. The Morgan fingerprint density at radius 3 is 2.21 bits per heavy atom. The average molecular weight is 402 g/mol. The number of hydrogen-bond acceptors (Lipinski definition) is 4. The second kappa shape index (κ2) is 8.00. The number of carbonyl (C=O) groups excluding carboxylic acids is 2. The van der Waals surface area contributed by atoms with Gasteiger partial charge >= 0.3 is 12.1 Å². The van der Waals surface area contributed by atoms with E-state index in [1.165, 1.54) is 18.2 Å². The Labute approximate surface area is 169 Å². The van der Waals surface area contributed by atoms with Gasteiger partial charge < -0.3 is 14.5 Å². The zero-order valence-electron chi connectivity index (χ0n) is 16.9. The summed E-state index contributed by atoms with van der Waals surface area (Å²) in [6, 6.07) is 3.72. The van der Waals surface area contributed by atoms with Crippen LogP contribution < -0.4 is 4.74 Å². The van der Waals surface area contributed by atoms with Crippen LogP contribution in [0.15, 0.2) is 18.2 Å². The summed E-state index contributed by atoms with van der Waals surface area (Å²) in [5, 5.41) is 4.71. The summed E-state index contributed by atoms with van der Waals surface area (Å²) < 4.78 is 20.6. The highest BCUT2D eigenvalue weighted by Crippen LogP contribution is 2.28. The van der Waals surface area contributed by atoms with Crippen molar-refractivity contribution in [2.24, 2.45) is 11.8 Å². The first-order valence-electron chi connectivity index (χ1n) is 10.4. The predicted octanol–water partition coefficient (Wildman–Crippen LogP) is 4.11. The van der Waals surface area contributed by atoms with Crippen molar-refractivity contribution in [2.45, 2.75) is 39.5 Å². The van der Waals surface area contributed by atoms with Crippen LogP contribution in [0.25, 0.3) is 10.9 Å². The highest BCUT2D eigenvalue weighted by molar-refractivity contribution is 5.94. The van der Waals surface area contributed by atoms with Crippen LogP contribution in [-0.2, 0) is 0 Å². The summed E-state index contributed by atoms with van der Waals surface area (Å²) in [6.45, 7) is 6.88. The average Bonchev–Trinajstić information content (AvgIpc) is 3.06. The summed E-state index contributed by atoms with van der Waals surface area (Å²) >= 11 is 0. The van der Waals surface area contributed by atoms with Crippen LogP contribution >= 0.6 is 0 Å². The molecule has 2 aliphatic rings. The molecule has 0 N–H and O–H groups in total. The molecule has 7 nitrogen and oxygen atoms in total. The monoisotopic (exact) mass is 402 g/mol. The number of nitrogens with zero attached hydrogens (tertiary/aromatic N) is 4. The van der Waals surface area contributed by atoms with E-state index >= 15 is 0 Å². The number of hydrogen-bond donors (Lipinski definition) is 0. The molecule has 0 aliphatic carbocycles. The predicted molar refractivity (Wildman–Crippen MR) is 106 cm³/mol. The molecule has 29 heavy (non-hydrogen) atoms. The molecule has 2 fully saturated rings. The van der Waals surface area contributed by atoms with Gasteiger partial charge in [0.1, 0.15) is 5.82 Å². The van der Waals surface area contributed by atoms with Gasteiger partial charge in [0, 0.05) is 32.2 Å². The van der Waals surface area contributed by atoms with E-state index in [-0.39, 0.29) is 11.9 Å². The first-order chi connectivity index (χ1) is 13.9. The highest BCUT2D eigenvalue weighted by Gasteiger charge is 2.28. The van der Waals surface area contributed by atoms with Crippen LogP contribution in [0.2, 0.25) is 0 Å². The van der Waals surface area contributed by atoms with Gasteiger partial charge in [0.25, 0.3) is 5.88 Å². The number of benzene rings is 1. The van der Waals surface area contributed by atoms with Crippen molar-refractivity contribution in [3.05, 3.63) is 24.0 Å². The minimum atomic E-state index is -0.480. The third-order valence-electron chi connectivity index (χ3n) is 6.07. The Bertz CT molecular complexity index is 912. The molecule has 2 amide bonds. The molecule has 0 unspecified atom stereocenters. The third-order valence-corrected chi connectivity index (χ3v) is 6.07. The molecule has 3 heterocycles. The maximum absolute atomic E-state index is 13.9. The van der Waals surface area contributed by atoms with Gasteiger partial charge in [0.15, 0.2) is 0 Å². The summed E-state index contributed by atoms with van der Waals surface area (Å²) in [7, 11) is 0. The number of piperidine rings is 2. The molecule has 1 aromatic heterocycles. The van der Waals surface area contributed by atoms with Gasteiger partial charge in [0.2, 0.25) is 0 Å². The van der Waals surface area contributed by atoms with E-state index in [9.17, 15) is 14.0 Å². The number of likely N-dealkylation sites (tertiary alicyclic amines) is 2. The van der Waals surface area contributed by atoms with Crippen molar-refractivity contribution in [3.63, 3.8) is 0 Å². The van der Waals surface area contributed by atoms with Crippen molar-refractivity contribution in [2.75, 3.05) is 26.2 Å². The van der Waals surface area contributed by atoms with Crippen LogP contribution in [0.3, 0.4) is 0 Å². The SMILES string of the molecule is CC1CCN(C(=O)Oc2nn(C(=O)N3CCC(C)CC3)c3cc(F)ccc23)CC1. The Kier molecular flexibility index (Phi) is 5.43. The van der Waals surface area contributed by atoms with E-state index in [0.29, 0.717) is 48.9 Å². The number of halogens is 1. The molecule has 0 spiro atoms. The van der Waals surface area contributed by atoms with E-state index in [4.69, 9.17) is 4.74 Å². The Morgan fingerprint density at radius 1 is 1.00 bits per heavy atom. The minimum absolute atomic E-state index is 0.0438. The van der Waals surface area contributed by atoms with Crippen molar-refractivity contribution in [3.8, 4) is 5.88 Å². The van der Waals surface area contributed by atoms with Gasteiger partial charge in [-0.25, -0.2) is 14.0 Å². The lowest BCUT2D eigenvalue weighted by Gasteiger charge is -2.30. The number of carbonyl (C=O) groups is 2. The molecule has 4 rings (SSSR count). The number of ether oxygens (including phenoxy) is 1. The fourth-order valence-corrected chi connectivity index (χ4v) is 3.95. The molecule has 2 aliphatic heterocycles. The van der Waals surface area contributed by atoms with Gasteiger partial charge in [-0.15, -0.1) is 5.10 Å². The third kappa shape index (κ3) is 4.06. The second-order valence-electron chi connectivity index (χ2n) is 8.37. The van der Waals surface area contributed by atoms with Crippen molar-refractivity contribution >= 4 is 23.0 Å². The molecular weight excluding hydrogens is 375 g/mol. The summed E-state index contributed by atoms with van der Waals surface area (Å²) in [5.41, 5.74) is 0.309. The fraction of sp³-hybridized carbons (Fsp3) is 0.571. The maximum atomic E-state index is 13.9. The lowest BCUT2D eigenvalue weighted by molar-refractivity contribution is 0.131. The van der Waals surface area contributed by atoms with Crippen molar-refractivity contribution in [1.29, 1.82) is 0 Å². The lowest BCUT2D eigenvalue weighted by Crippen LogP contribution is -2.41. The van der Waals surface area contributed by atoms with Gasteiger partial charge in [-0.05, 0) is 49.7 Å².